The van der Waals surface area contributed by atoms with Gasteiger partial charge in [-0.3, -0.25) is 9.59 Å². The maximum absolute atomic E-state index is 12.2. The summed E-state index contributed by atoms with van der Waals surface area (Å²) in [5.41, 5.74) is 1.03. The molecular formula is C15H11ClN2O3. The average molecular weight is 303 g/mol. The largest absolute Gasteiger partial charge is 0.467 e. The number of ketones is 1. The van der Waals surface area contributed by atoms with Crippen LogP contribution in [0.15, 0.2) is 47.2 Å². The van der Waals surface area contributed by atoms with Crippen molar-refractivity contribution < 1.29 is 14.0 Å². The van der Waals surface area contributed by atoms with E-state index in [4.69, 9.17) is 16.0 Å². The number of fused-ring (bicyclic) bond motifs is 1. The summed E-state index contributed by atoms with van der Waals surface area (Å²) in [5, 5.41) is 3.75. The molecule has 1 aromatic carbocycles. The minimum absolute atomic E-state index is 0.172. The Kier molecular flexibility index (Phi) is 3.50. The Morgan fingerprint density at radius 3 is 2.90 bits per heavy atom. The van der Waals surface area contributed by atoms with Gasteiger partial charge in [-0.15, -0.1) is 0 Å². The van der Waals surface area contributed by atoms with E-state index in [-0.39, 0.29) is 6.54 Å². The molecule has 6 heteroatoms. The molecule has 0 unspecified atom stereocenters. The first-order chi connectivity index (χ1) is 10.1. The molecule has 3 rings (SSSR count). The van der Waals surface area contributed by atoms with Gasteiger partial charge in [0, 0.05) is 22.1 Å². The molecule has 0 aliphatic carbocycles. The number of nitrogens with one attached hydrogen (secondary N) is 2. The molecule has 0 saturated carbocycles. The Balaban J connectivity index is 1.78. The minimum atomic E-state index is -0.678. The van der Waals surface area contributed by atoms with Crippen molar-refractivity contribution in [2.45, 2.75) is 6.54 Å². The molecule has 0 spiro atoms. The quantitative estimate of drug-likeness (QED) is 0.575. The van der Waals surface area contributed by atoms with Gasteiger partial charge in [0.05, 0.1) is 18.4 Å². The highest BCUT2D eigenvalue weighted by atomic mass is 35.5. The molecule has 0 atom stereocenters. The van der Waals surface area contributed by atoms with E-state index in [1.54, 1.807) is 30.3 Å². The van der Waals surface area contributed by atoms with Crippen LogP contribution in [0.4, 0.5) is 0 Å². The molecule has 0 bridgehead atoms. The Morgan fingerprint density at radius 1 is 1.29 bits per heavy atom. The Bertz CT molecular complexity index is 806. The lowest BCUT2D eigenvalue weighted by Gasteiger charge is -2.02. The zero-order valence-electron chi connectivity index (χ0n) is 10.9. The van der Waals surface area contributed by atoms with E-state index >= 15 is 0 Å². The van der Waals surface area contributed by atoms with Crippen molar-refractivity contribution in [1.82, 2.24) is 10.3 Å². The van der Waals surface area contributed by atoms with Crippen LogP contribution in [0.5, 0.6) is 0 Å². The first-order valence-electron chi connectivity index (χ1n) is 6.26. The van der Waals surface area contributed by atoms with E-state index in [1.165, 1.54) is 12.5 Å². The summed E-state index contributed by atoms with van der Waals surface area (Å²) in [6.07, 6.45) is 3.02. The number of aromatic amines is 1. The number of amides is 1. The van der Waals surface area contributed by atoms with E-state index in [0.717, 1.165) is 0 Å². The first kappa shape index (κ1) is 13.5. The minimum Gasteiger partial charge on any atom is -0.467 e. The van der Waals surface area contributed by atoms with Gasteiger partial charge in [-0.25, -0.2) is 0 Å². The van der Waals surface area contributed by atoms with Crippen LogP contribution in [0, 0.1) is 0 Å². The number of benzene rings is 1. The van der Waals surface area contributed by atoms with E-state index in [2.05, 4.69) is 10.3 Å². The Morgan fingerprint density at radius 2 is 2.14 bits per heavy atom. The van der Waals surface area contributed by atoms with Crippen molar-refractivity contribution in [3.63, 3.8) is 0 Å². The summed E-state index contributed by atoms with van der Waals surface area (Å²) in [4.78, 5) is 27.0. The second-order valence-electron chi connectivity index (χ2n) is 4.48. The number of hydrogen-bond acceptors (Lipinski definition) is 3. The van der Waals surface area contributed by atoms with Gasteiger partial charge in [-0.05, 0) is 24.3 Å². The molecule has 0 aliphatic rings. The number of rotatable bonds is 4. The van der Waals surface area contributed by atoms with E-state index in [9.17, 15) is 9.59 Å². The molecule has 21 heavy (non-hydrogen) atoms. The molecule has 0 fully saturated rings. The fraction of sp³-hybridized carbons (Fsp3) is 0.0667. The van der Waals surface area contributed by atoms with Crippen molar-refractivity contribution in [2.24, 2.45) is 0 Å². The van der Waals surface area contributed by atoms with Crippen LogP contribution in [-0.2, 0) is 11.3 Å². The van der Waals surface area contributed by atoms with Gasteiger partial charge in [0.15, 0.2) is 0 Å². The Labute approximate surface area is 124 Å². The number of halogens is 1. The van der Waals surface area contributed by atoms with Gasteiger partial charge in [-0.1, -0.05) is 17.7 Å². The van der Waals surface area contributed by atoms with Crippen LogP contribution in [0.3, 0.4) is 0 Å². The van der Waals surface area contributed by atoms with Crippen molar-refractivity contribution in [3.05, 3.63) is 59.1 Å². The van der Waals surface area contributed by atoms with Gasteiger partial charge < -0.3 is 14.7 Å². The predicted octanol–water partition coefficient (Wildman–Crippen LogP) is 2.91. The maximum Gasteiger partial charge on any atom is 0.292 e. The summed E-state index contributed by atoms with van der Waals surface area (Å²) in [6, 6.07) is 8.52. The molecular weight excluding hydrogens is 292 g/mol. The molecule has 2 heterocycles. The van der Waals surface area contributed by atoms with Crippen LogP contribution in [0.1, 0.15) is 16.1 Å². The first-order valence-corrected chi connectivity index (χ1v) is 6.64. The highest BCUT2D eigenvalue weighted by molar-refractivity contribution is 6.45. The zero-order valence-corrected chi connectivity index (χ0v) is 11.6. The lowest BCUT2D eigenvalue weighted by atomic mass is 10.1. The highest BCUT2D eigenvalue weighted by Crippen LogP contribution is 2.22. The lowest BCUT2D eigenvalue weighted by Crippen LogP contribution is -2.30. The number of furan rings is 1. The number of carbonyl (C=O) groups excluding carboxylic acids is 2. The third-order valence-electron chi connectivity index (χ3n) is 3.10. The molecule has 106 valence electrons. The maximum atomic E-state index is 12.2. The standard InChI is InChI=1S/C15H11ClN2O3/c16-9-3-4-11-12(8-17-13(11)6-9)14(19)15(20)18-7-10-2-1-5-21-10/h1-6,8,17H,7H2,(H,18,20). The summed E-state index contributed by atoms with van der Waals surface area (Å²) >= 11 is 5.88. The molecule has 2 N–H and O–H groups in total. The molecule has 2 aromatic heterocycles. The molecule has 5 nitrogen and oxygen atoms in total. The van der Waals surface area contributed by atoms with Gasteiger partial charge >= 0.3 is 0 Å². The van der Waals surface area contributed by atoms with Crippen LogP contribution in [-0.4, -0.2) is 16.7 Å². The second-order valence-corrected chi connectivity index (χ2v) is 4.92. The monoisotopic (exact) mass is 302 g/mol. The topological polar surface area (TPSA) is 75.1 Å². The number of aromatic nitrogens is 1. The van der Waals surface area contributed by atoms with E-state index < -0.39 is 11.7 Å². The normalized spacial score (nSPS) is 10.7. The number of Topliss-reactive ketones (excluding diaryl/α,β-unsaturated/α-hetero) is 1. The van der Waals surface area contributed by atoms with Crippen LogP contribution >= 0.6 is 11.6 Å². The van der Waals surface area contributed by atoms with Gasteiger partial charge in [0.1, 0.15) is 5.76 Å². The Hall–Kier alpha value is -2.53. The van der Waals surface area contributed by atoms with E-state index in [0.29, 0.717) is 27.2 Å². The molecule has 3 aromatic rings. The average Bonchev–Trinajstić information content (AvgIpc) is 3.12. The number of carbonyl (C=O) groups is 2. The van der Waals surface area contributed by atoms with E-state index in [1.807, 2.05) is 0 Å². The summed E-state index contributed by atoms with van der Waals surface area (Å²) in [6.45, 7) is 0.172. The van der Waals surface area contributed by atoms with Crippen molar-refractivity contribution in [3.8, 4) is 0 Å². The van der Waals surface area contributed by atoms with Gasteiger partial charge in [0.25, 0.3) is 11.7 Å². The lowest BCUT2D eigenvalue weighted by molar-refractivity contribution is -0.117. The van der Waals surface area contributed by atoms with Crippen molar-refractivity contribution in [1.29, 1.82) is 0 Å². The summed E-state index contributed by atoms with van der Waals surface area (Å²) in [7, 11) is 0. The molecule has 0 saturated heterocycles. The third kappa shape index (κ3) is 2.68. The smallest absolute Gasteiger partial charge is 0.292 e. The third-order valence-corrected chi connectivity index (χ3v) is 3.33. The van der Waals surface area contributed by atoms with Gasteiger partial charge in [-0.2, -0.15) is 0 Å². The number of H-pyrrole nitrogens is 1. The molecule has 0 aliphatic heterocycles. The van der Waals surface area contributed by atoms with Crippen LogP contribution in [0.2, 0.25) is 5.02 Å². The highest BCUT2D eigenvalue weighted by Gasteiger charge is 2.19. The second kappa shape index (κ2) is 5.46. The summed E-state index contributed by atoms with van der Waals surface area (Å²) in [5.74, 6) is -0.695. The van der Waals surface area contributed by atoms with Gasteiger partial charge in [0.2, 0.25) is 0 Å². The zero-order chi connectivity index (χ0) is 14.8. The predicted molar refractivity (Wildman–Crippen MR) is 78.2 cm³/mol. The fourth-order valence-electron chi connectivity index (χ4n) is 2.07. The van der Waals surface area contributed by atoms with Crippen molar-refractivity contribution >= 4 is 34.2 Å². The molecule has 1 amide bonds. The van der Waals surface area contributed by atoms with Crippen molar-refractivity contribution in [2.75, 3.05) is 0 Å². The van der Waals surface area contributed by atoms with Crippen LogP contribution < -0.4 is 5.32 Å². The van der Waals surface area contributed by atoms with Crippen LogP contribution in [0.25, 0.3) is 10.9 Å². The number of hydrogen-bond donors (Lipinski definition) is 2. The summed E-state index contributed by atoms with van der Waals surface area (Å²) < 4.78 is 5.09. The fourth-order valence-corrected chi connectivity index (χ4v) is 2.24. The SMILES string of the molecule is O=C(NCc1ccco1)C(=O)c1c[nH]c2cc(Cl)ccc12. The molecule has 0 radical (unpaired) electrons.